The molecule has 2 aromatic heterocycles. The monoisotopic (exact) mass is 401 g/mol. The highest BCUT2D eigenvalue weighted by molar-refractivity contribution is 7.48. The second-order valence-electron chi connectivity index (χ2n) is 5.83. The Morgan fingerprint density at radius 3 is 3.07 bits per heavy atom. The molecular formula is C13H16N5O8P. The number of nitrogens with zero attached hydrogens (tertiary/aromatic N) is 4. The molecule has 0 bridgehead atoms. The van der Waals surface area contributed by atoms with Crippen LogP contribution in [0.1, 0.15) is 13.2 Å². The lowest BCUT2D eigenvalue weighted by molar-refractivity contribution is -0.150. The average molecular weight is 401 g/mol. The standard InChI is InChI=1S/C13H16N5O8P/c1-6(19)22-5-24-27(21)23-2-7-10(26-27)9(20)13(25-7)18-4-17-8-11(14)15-3-16-12(8)18/h3-4,7,9-10,13,20H,2,5H2,1H3,(H2,14,15,16)/t7?,9-,10?,13-,27?/m1/s1. The predicted octanol–water partition coefficient (Wildman–Crippen LogP) is -0.273. The smallest absolute Gasteiger partial charge is 0.438 e. The van der Waals surface area contributed by atoms with E-state index in [1.54, 1.807) is 0 Å². The third-order valence-electron chi connectivity index (χ3n) is 4.09. The fourth-order valence-corrected chi connectivity index (χ4v) is 4.12. The van der Waals surface area contributed by atoms with Crippen molar-refractivity contribution < 1.29 is 37.5 Å². The maximum Gasteiger partial charge on any atom is 0.478 e. The van der Waals surface area contributed by atoms with Crippen molar-refractivity contribution in [2.24, 2.45) is 0 Å². The number of carbonyl (C=O) groups excluding carboxylic acids is 1. The minimum Gasteiger partial charge on any atom is -0.438 e. The van der Waals surface area contributed by atoms with E-state index >= 15 is 0 Å². The normalized spacial score (nSPS) is 33.1. The lowest BCUT2D eigenvalue weighted by Crippen LogP contribution is -2.39. The summed E-state index contributed by atoms with van der Waals surface area (Å²) in [4.78, 5) is 22.8. The number of carbonyl (C=O) groups is 1. The lowest BCUT2D eigenvalue weighted by Gasteiger charge is -2.30. The van der Waals surface area contributed by atoms with E-state index in [0.717, 1.165) is 0 Å². The maximum atomic E-state index is 12.5. The van der Waals surface area contributed by atoms with Gasteiger partial charge >= 0.3 is 13.8 Å². The summed E-state index contributed by atoms with van der Waals surface area (Å²) in [6, 6.07) is 0. The van der Waals surface area contributed by atoms with Crippen molar-refractivity contribution in [1.29, 1.82) is 0 Å². The van der Waals surface area contributed by atoms with E-state index in [2.05, 4.69) is 19.7 Å². The Labute approximate surface area is 152 Å². The number of hydrogen-bond donors (Lipinski definition) is 2. The molecule has 0 radical (unpaired) electrons. The van der Waals surface area contributed by atoms with Gasteiger partial charge in [0.25, 0.3) is 0 Å². The molecule has 4 rings (SSSR count). The minimum atomic E-state index is -4.02. The number of nitrogen functional groups attached to an aromatic ring is 1. The summed E-state index contributed by atoms with van der Waals surface area (Å²) in [5.41, 5.74) is 6.48. The van der Waals surface area contributed by atoms with Gasteiger partial charge in [0, 0.05) is 6.92 Å². The first kappa shape index (κ1) is 18.2. The van der Waals surface area contributed by atoms with E-state index in [-0.39, 0.29) is 12.4 Å². The third kappa shape index (κ3) is 3.29. The third-order valence-corrected chi connectivity index (χ3v) is 5.48. The molecule has 0 saturated carbocycles. The summed E-state index contributed by atoms with van der Waals surface area (Å²) in [5.74, 6) is -0.430. The molecule has 13 nitrogen and oxygen atoms in total. The van der Waals surface area contributed by atoms with Crippen LogP contribution in [0.5, 0.6) is 0 Å². The number of aliphatic hydroxyl groups excluding tert-OH is 1. The number of phosphoric acid groups is 1. The van der Waals surface area contributed by atoms with E-state index in [0.29, 0.717) is 11.2 Å². The van der Waals surface area contributed by atoms with Gasteiger partial charge in [-0.05, 0) is 0 Å². The van der Waals surface area contributed by atoms with Crippen molar-refractivity contribution >= 4 is 30.8 Å². The Bertz CT molecular complexity index is 921. The summed E-state index contributed by atoms with van der Waals surface area (Å²) in [6.07, 6.45) is -1.19. The molecule has 2 saturated heterocycles. The van der Waals surface area contributed by atoms with E-state index < -0.39 is 45.1 Å². The van der Waals surface area contributed by atoms with Crippen LogP contribution < -0.4 is 5.73 Å². The van der Waals surface area contributed by atoms with Crippen molar-refractivity contribution in [1.82, 2.24) is 19.5 Å². The Balaban J connectivity index is 1.52. The Morgan fingerprint density at radius 1 is 1.48 bits per heavy atom. The van der Waals surface area contributed by atoms with Crippen LogP contribution in [-0.2, 0) is 32.4 Å². The number of rotatable bonds is 4. The highest BCUT2D eigenvalue weighted by Crippen LogP contribution is 2.56. The Morgan fingerprint density at radius 2 is 2.30 bits per heavy atom. The van der Waals surface area contributed by atoms with Crippen LogP contribution in [0.4, 0.5) is 5.82 Å². The van der Waals surface area contributed by atoms with E-state index in [9.17, 15) is 14.5 Å². The molecular weight excluding hydrogens is 385 g/mol. The number of hydrogen-bond acceptors (Lipinski definition) is 12. The van der Waals surface area contributed by atoms with Crippen LogP contribution in [0, 0.1) is 0 Å². The number of phosphoric ester groups is 1. The summed E-state index contributed by atoms with van der Waals surface area (Å²) < 4.78 is 39.6. The number of anilines is 1. The van der Waals surface area contributed by atoms with Gasteiger partial charge in [-0.1, -0.05) is 0 Å². The molecule has 2 aromatic rings. The molecule has 0 aliphatic carbocycles. The zero-order chi connectivity index (χ0) is 19.2. The van der Waals surface area contributed by atoms with Crippen molar-refractivity contribution in [2.45, 2.75) is 31.5 Å². The van der Waals surface area contributed by atoms with Crippen LogP contribution in [0.2, 0.25) is 0 Å². The second-order valence-corrected chi connectivity index (χ2v) is 7.46. The van der Waals surface area contributed by atoms with Crippen LogP contribution in [0.3, 0.4) is 0 Å². The molecule has 2 fully saturated rings. The largest absolute Gasteiger partial charge is 0.478 e. The summed E-state index contributed by atoms with van der Waals surface area (Å²) in [6.45, 7) is 0.412. The highest BCUT2D eigenvalue weighted by Gasteiger charge is 2.53. The fourth-order valence-electron chi connectivity index (χ4n) is 2.86. The number of imidazole rings is 1. The number of esters is 1. The SMILES string of the molecule is CC(=O)OCOP1(=O)OCC2O[C@@H](n3cnc4c(N)ncnc43)[C@H](O)C2O1. The zero-order valence-electron chi connectivity index (χ0n) is 14.0. The topological polar surface area (TPSA) is 170 Å². The van der Waals surface area contributed by atoms with Crippen LogP contribution in [-0.4, -0.2) is 62.3 Å². The van der Waals surface area contributed by atoms with Crippen LogP contribution in [0.25, 0.3) is 11.2 Å². The summed E-state index contributed by atoms with van der Waals surface area (Å²) >= 11 is 0. The van der Waals surface area contributed by atoms with Gasteiger partial charge in [0.2, 0.25) is 6.79 Å². The number of nitrogens with two attached hydrogens (primary N) is 1. The van der Waals surface area contributed by atoms with Gasteiger partial charge in [-0.25, -0.2) is 24.0 Å². The molecule has 5 atom stereocenters. The molecule has 27 heavy (non-hydrogen) atoms. The molecule has 14 heteroatoms. The average Bonchev–Trinajstić information content (AvgIpc) is 3.17. The van der Waals surface area contributed by atoms with Gasteiger partial charge in [0.1, 0.15) is 30.2 Å². The molecule has 0 amide bonds. The number of fused-ring (bicyclic) bond motifs is 2. The Hall–Kier alpha value is -2.15. The van der Waals surface area contributed by atoms with Crippen molar-refractivity contribution in [3.8, 4) is 0 Å². The van der Waals surface area contributed by atoms with Crippen molar-refractivity contribution in [2.75, 3.05) is 19.1 Å². The molecule has 3 unspecified atom stereocenters. The van der Waals surface area contributed by atoms with Gasteiger partial charge < -0.3 is 20.3 Å². The van der Waals surface area contributed by atoms with Gasteiger partial charge in [-0.15, -0.1) is 0 Å². The molecule has 2 aliphatic rings. The van der Waals surface area contributed by atoms with Gasteiger partial charge in [-0.3, -0.25) is 18.4 Å². The van der Waals surface area contributed by atoms with Crippen molar-refractivity contribution in [3.63, 3.8) is 0 Å². The number of aromatic nitrogens is 4. The van der Waals surface area contributed by atoms with Gasteiger partial charge in [0.05, 0.1) is 12.9 Å². The predicted molar refractivity (Wildman–Crippen MR) is 85.8 cm³/mol. The van der Waals surface area contributed by atoms with Crippen molar-refractivity contribution in [3.05, 3.63) is 12.7 Å². The van der Waals surface area contributed by atoms with E-state index in [1.807, 2.05) is 0 Å². The number of aliphatic hydroxyl groups is 1. The Kier molecular flexibility index (Phi) is 4.58. The second kappa shape index (κ2) is 6.78. The molecule has 0 spiro atoms. The van der Waals surface area contributed by atoms with E-state index in [4.69, 9.17) is 24.0 Å². The zero-order valence-corrected chi connectivity index (χ0v) is 14.9. The first-order valence-electron chi connectivity index (χ1n) is 7.85. The quantitative estimate of drug-likeness (QED) is 0.391. The van der Waals surface area contributed by atoms with Crippen LogP contribution in [0.15, 0.2) is 12.7 Å². The fraction of sp³-hybridized carbons (Fsp3) is 0.538. The van der Waals surface area contributed by atoms with Crippen LogP contribution >= 0.6 is 7.82 Å². The highest BCUT2D eigenvalue weighted by atomic mass is 31.2. The van der Waals surface area contributed by atoms with Gasteiger partial charge in [-0.2, -0.15) is 0 Å². The maximum absolute atomic E-state index is 12.5. The lowest BCUT2D eigenvalue weighted by atomic mass is 10.1. The molecule has 2 aliphatic heterocycles. The van der Waals surface area contributed by atoms with Gasteiger partial charge in [0.15, 0.2) is 17.7 Å². The number of ether oxygens (including phenoxy) is 2. The molecule has 4 heterocycles. The molecule has 0 aromatic carbocycles. The molecule has 3 N–H and O–H groups in total. The summed E-state index contributed by atoms with van der Waals surface area (Å²) in [5, 5.41) is 10.6. The molecule has 146 valence electrons. The minimum absolute atomic E-state index is 0.153. The first-order valence-corrected chi connectivity index (χ1v) is 9.31. The first-order chi connectivity index (χ1) is 12.9. The van der Waals surface area contributed by atoms with E-state index in [1.165, 1.54) is 24.1 Å². The summed E-state index contributed by atoms with van der Waals surface area (Å²) in [7, 11) is -4.02.